The maximum atomic E-state index is 12.2. The lowest BCUT2D eigenvalue weighted by molar-refractivity contribution is 0.0944. The average Bonchev–Trinajstić information content (AvgIpc) is 2.75. The van der Waals surface area contributed by atoms with Gasteiger partial charge in [0.25, 0.3) is 0 Å². The molecule has 1 aliphatic heterocycles. The van der Waals surface area contributed by atoms with Gasteiger partial charge in [-0.15, -0.1) is 11.3 Å². The topological polar surface area (TPSA) is 55.6 Å². The van der Waals surface area contributed by atoms with Crippen molar-refractivity contribution in [1.82, 2.24) is 0 Å². The minimum Gasteiger partial charge on any atom is -0.492 e. The number of nitrogen functional groups attached to an aromatic ring is 1. The quantitative estimate of drug-likeness (QED) is 0.867. The Morgan fingerprint density at radius 3 is 2.53 bits per heavy atom. The van der Waals surface area contributed by atoms with E-state index in [2.05, 4.69) is 4.90 Å². The smallest absolute Gasteiger partial charge is 0.177 e. The molecule has 0 spiro atoms. The van der Waals surface area contributed by atoms with E-state index in [1.54, 1.807) is 7.11 Å². The summed E-state index contributed by atoms with van der Waals surface area (Å²) in [6.45, 7) is 5.75. The molecule has 0 bridgehead atoms. The lowest BCUT2D eigenvalue weighted by Crippen LogP contribution is -2.31. The van der Waals surface area contributed by atoms with Gasteiger partial charge in [0.15, 0.2) is 11.5 Å². The predicted octanol–water partition coefficient (Wildman–Crippen LogP) is 2.73. The molecular formula is C13H20N2O2S2. The molecule has 0 aliphatic carbocycles. The highest BCUT2D eigenvalue weighted by atomic mass is 32.2. The number of carbonyl (C=O) groups is 1. The first-order valence-corrected chi connectivity index (χ1v) is 8.36. The molecular weight excluding hydrogens is 280 g/mol. The Morgan fingerprint density at radius 1 is 1.37 bits per heavy atom. The van der Waals surface area contributed by atoms with Crippen LogP contribution in [0.1, 0.15) is 23.5 Å². The number of ketones is 1. The van der Waals surface area contributed by atoms with Gasteiger partial charge in [-0.3, -0.25) is 4.79 Å². The molecule has 106 valence electrons. The van der Waals surface area contributed by atoms with Gasteiger partial charge >= 0.3 is 0 Å². The highest BCUT2D eigenvalue weighted by Crippen LogP contribution is 2.46. The van der Waals surface area contributed by atoms with E-state index in [1.165, 1.54) is 11.3 Å². The van der Waals surface area contributed by atoms with E-state index in [1.807, 2.05) is 25.6 Å². The summed E-state index contributed by atoms with van der Waals surface area (Å²) in [5, 5.41) is 1.00. The van der Waals surface area contributed by atoms with Crippen molar-refractivity contribution in [3.8, 4) is 5.75 Å². The van der Waals surface area contributed by atoms with Gasteiger partial charge in [0.05, 0.1) is 17.7 Å². The van der Waals surface area contributed by atoms with Crippen LogP contribution >= 0.6 is 23.1 Å². The monoisotopic (exact) mass is 300 g/mol. The van der Waals surface area contributed by atoms with Crippen molar-refractivity contribution in [2.24, 2.45) is 5.92 Å². The summed E-state index contributed by atoms with van der Waals surface area (Å²) in [4.78, 5) is 15.1. The third-order valence-electron chi connectivity index (χ3n) is 3.13. The summed E-state index contributed by atoms with van der Waals surface area (Å²) in [5.74, 6) is 2.93. The zero-order chi connectivity index (χ0) is 14.0. The zero-order valence-corrected chi connectivity index (χ0v) is 13.2. The number of nitrogens with two attached hydrogens (primary N) is 1. The molecule has 0 aromatic carbocycles. The van der Waals surface area contributed by atoms with Gasteiger partial charge in [0.1, 0.15) is 5.00 Å². The third-order valence-corrected chi connectivity index (χ3v) is 5.34. The van der Waals surface area contributed by atoms with Crippen molar-refractivity contribution in [2.75, 3.05) is 42.3 Å². The Bertz CT molecular complexity index is 465. The fourth-order valence-electron chi connectivity index (χ4n) is 2.03. The Kier molecular flexibility index (Phi) is 4.62. The molecule has 0 radical (unpaired) electrons. The number of methoxy groups -OCH3 is 1. The van der Waals surface area contributed by atoms with E-state index in [0.29, 0.717) is 16.3 Å². The summed E-state index contributed by atoms with van der Waals surface area (Å²) < 4.78 is 5.42. The minimum absolute atomic E-state index is 0.0459. The Morgan fingerprint density at radius 2 is 2.00 bits per heavy atom. The number of hydrogen-bond acceptors (Lipinski definition) is 6. The van der Waals surface area contributed by atoms with Crippen molar-refractivity contribution < 1.29 is 9.53 Å². The number of carbonyl (C=O) groups excluding carboxylic acids is 1. The largest absolute Gasteiger partial charge is 0.492 e. The van der Waals surface area contributed by atoms with Crippen molar-refractivity contribution in [3.63, 3.8) is 0 Å². The number of anilines is 2. The van der Waals surface area contributed by atoms with Crippen LogP contribution in [0.3, 0.4) is 0 Å². The maximum Gasteiger partial charge on any atom is 0.177 e. The maximum absolute atomic E-state index is 12.2. The average molecular weight is 300 g/mol. The molecule has 1 aliphatic rings. The molecule has 1 aromatic heterocycles. The summed E-state index contributed by atoms with van der Waals surface area (Å²) >= 11 is 3.42. The molecule has 1 saturated heterocycles. The first-order chi connectivity index (χ1) is 9.06. The van der Waals surface area contributed by atoms with E-state index in [9.17, 15) is 4.79 Å². The lowest BCUT2D eigenvalue weighted by atomic mass is 10.1. The molecule has 0 unspecified atom stereocenters. The van der Waals surface area contributed by atoms with E-state index in [-0.39, 0.29) is 11.7 Å². The summed E-state index contributed by atoms with van der Waals surface area (Å²) in [7, 11) is 1.62. The van der Waals surface area contributed by atoms with Crippen LogP contribution in [0.4, 0.5) is 10.7 Å². The summed E-state index contributed by atoms with van der Waals surface area (Å²) in [6, 6.07) is 0. The number of ether oxygens (including phenoxy) is 1. The SMILES string of the molecule is COc1c(N2CCSCC2)sc(C(=O)C(C)C)c1N. The van der Waals surface area contributed by atoms with Gasteiger partial charge in [-0.05, 0) is 0 Å². The van der Waals surface area contributed by atoms with E-state index >= 15 is 0 Å². The van der Waals surface area contributed by atoms with Crippen LogP contribution in [0.15, 0.2) is 0 Å². The van der Waals surface area contributed by atoms with Crippen LogP contribution in [0.25, 0.3) is 0 Å². The molecule has 2 heterocycles. The predicted molar refractivity (Wildman–Crippen MR) is 84.0 cm³/mol. The number of hydrogen-bond donors (Lipinski definition) is 1. The van der Waals surface area contributed by atoms with E-state index < -0.39 is 0 Å². The van der Waals surface area contributed by atoms with Gasteiger partial charge < -0.3 is 15.4 Å². The summed E-state index contributed by atoms with van der Waals surface area (Å²) in [6.07, 6.45) is 0. The number of thiophene rings is 1. The van der Waals surface area contributed by atoms with E-state index in [0.717, 1.165) is 29.6 Å². The molecule has 0 atom stereocenters. The number of nitrogens with zero attached hydrogens (tertiary/aromatic N) is 1. The van der Waals surface area contributed by atoms with Crippen LogP contribution in [0.2, 0.25) is 0 Å². The van der Waals surface area contributed by atoms with Gasteiger partial charge in [0, 0.05) is 30.5 Å². The normalized spacial score (nSPS) is 15.9. The molecule has 19 heavy (non-hydrogen) atoms. The van der Waals surface area contributed by atoms with Crippen molar-refractivity contribution in [1.29, 1.82) is 0 Å². The standard InChI is InChI=1S/C13H20N2O2S2/c1-8(2)10(16)12-9(14)11(17-3)13(19-12)15-4-6-18-7-5-15/h8H,4-7,14H2,1-3H3. The Hall–Kier alpha value is -0.880. The van der Waals surface area contributed by atoms with Crippen molar-refractivity contribution >= 4 is 39.6 Å². The number of Topliss-reactive ketones (excluding diaryl/α,β-unsaturated/α-hetero) is 1. The van der Waals surface area contributed by atoms with Crippen LogP contribution in [0.5, 0.6) is 5.75 Å². The molecule has 2 rings (SSSR count). The first kappa shape index (κ1) is 14.5. The Labute approximate surface area is 122 Å². The minimum atomic E-state index is -0.0459. The molecule has 6 heteroatoms. The van der Waals surface area contributed by atoms with Crippen LogP contribution in [0, 0.1) is 5.92 Å². The number of rotatable bonds is 4. The molecule has 1 fully saturated rings. The molecule has 4 nitrogen and oxygen atoms in total. The summed E-state index contributed by atoms with van der Waals surface area (Å²) in [5.41, 5.74) is 6.59. The van der Waals surface area contributed by atoms with Crippen LogP contribution in [-0.2, 0) is 0 Å². The fourth-order valence-corrected chi connectivity index (χ4v) is 4.27. The first-order valence-electron chi connectivity index (χ1n) is 6.39. The number of thioether (sulfide) groups is 1. The third kappa shape index (κ3) is 2.84. The zero-order valence-electron chi connectivity index (χ0n) is 11.6. The molecule has 0 amide bonds. The second-order valence-corrected chi connectivity index (χ2v) is 7.03. The highest BCUT2D eigenvalue weighted by molar-refractivity contribution is 7.99. The molecule has 2 N–H and O–H groups in total. The highest BCUT2D eigenvalue weighted by Gasteiger charge is 2.27. The van der Waals surface area contributed by atoms with Gasteiger partial charge in [-0.25, -0.2) is 0 Å². The lowest BCUT2D eigenvalue weighted by Gasteiger charge is -2.27. The van der Waals surface area contributed by atoms with Crippen LogP contribution in [-0.4, -0.2) is 37.5 Å². The van der Waals surface area contributed by atoms with Crippen molar-refractivity contribution in [2.45, 2.75) is 13.8 Å². The fraction of sp³-hybridized carbons (Fsp3) is 0.615. The molecule has 1 aromatic rings. The second-order valence-electron chi connectivity index (χ2n) is 4.80. The van der Waals surface area contributed by atoms with Gasteiger partial charge in [0.2, 0.25) is 0 Å². The van der Waals surface area contributed by atoms with Gasteiger partial charge in [-0.1, -0.05) is 13.8 Å². The second kappa shape index (κ2) is 6.05. The Balaban J connectivity index is 2.37. The van der Waals surface area contributed by atoms with E-state index in [4.69, 9.17) is 10.5 Å². The molecule has 0 saturated carbocycles. The van der Waals surface area contributed by atoms with Gasteiger partial charge in [-0.2, -0.15) is 11.8 Å². The van der Waals surface area contributed by atoms with Crippen LogP contribution < -0.4 is 15.4 Å². The van der Waals surface area contributed by atoms with Crippen molar-refractivity contribution in [3.05, 3.63) is 4.88 Å².